The van der Waals surface area contributed by atoms with Gasteiger partial charge in [0.05, 0.1) is 31.4 Å². The average molecular weight is 574 g/mol. The molecule has 1 aliphatic carbocycles. The molecule has 0 aromatic carbocycles. The molecule has 3 heterocycles. The highest BCUT2D eigenvalue weighted by Crippen LogP contribution is 2.40. The highest BCUT2D eigenvalue weighted by atomic mass is 32.2. The molecular formula is C19H23N7O10S2. The second-order valence-corrected chi connectivity index (χ2v) is 10.9. The molecule has 19 heteroatoms. The molecule has 38 heavy (non-hydrogen) atoms. The Balaban J connectivity index is 1.54. The van der Waals surface area contributed by atoms with Gasteiger partial charge in [0.1, 0.15) is 11.8 Å². The van der Waals surface area contributed by atoms with Gasteiger partial charge in [0.25, 0.3) is 0 Å². The molecule has 17 nitrogen and oxygen atoms in total. The van der Waals surface area contributed by atoms with Gasteiger partial charge in [0, 0.05) is 31.2 Å². The minimum atomic E-state index is -5.01. The molecule has 2 saturated heterocycles. The summed E-state index contributed by atoms with van der Waals surface area (Å²) in [6.45, 7) is -0.322. The van der Waals surface area contributed by atoms with E-state index in [1.165, 1.54) is 5.38 Å². The van der Waals surface area contributed by atoms with Crippen molar-refractivity contribution in [1.82, 2.24) is 14.2 Å². The quantitative estimate of drug-likeness (QED) is 0.0727. The van der Waals surface area contributed by atoms with Crippen molar-refractivity contribution >= 4 is 62.6 Å². The van der Waals surface area contributed by atoms with Gasteiger partial charge in [-0.3, -0.25) is 19.1 Å². The first-order valence-corrected chi connectivity index (χ1v) is 13.3. The van der Waals surface area contributed by atoms with Crippen molar-refractivity contribution in [2.24, 2.45) is 21.8 Å². The summed E-state index contributed by atoms with van der Waals surface area (Å²) < 4.78 is 38.6. The lowest BCUT2D eigenvalue weighted by atomic mass is 9.84. The van der Waals surface area contributed by atoms with Gasteiger partial charge in [-0.2, -0.15) is 8.42 Å². The van der Waals surface area contributed by atoms with Crippen LogP contribution in [-0.2, 0) is 34.3 Å². The summed E-state index contributed by atoms with van der Waals surface area (Å²) in [4.78, 5) is 63.6. The van der Waals surface area contributed by atoms with Crippen molar-refractivity contribution in [3.8, 4) is 0 Å². The fraction of sp³-hybridized carbons (Fsp3) is 0.526. The largest absolute Gasteiger partial charge is 0.478 e. The van der Waals surface area contributed by atoms with Crippen molar-refractivity contribution in [2.75, 3.05) is 25.4 Å². The lowest BCUT2D eigenvalue weighted by Crippen LogP contribution is -2.66. The molecule has 0 bridgehead atoms. The number of carbonyl (C=O) groups excluding carboxylic acids is 3. The van der Waals surface area contributed by atoms with Gasteiger partial charge in [-0.25, -0.2) is 18.9 Å². The van der Waals surface area contributed by atoms with E-state index in [2.05, 4.69) is 15.1 Å². The van der Waals surface area contributed by atoms with Gasteiger partial charge in [-0.05, 0) is 0 Å². The van der Waals surface area contributed by atoms with E-state index in [1.54, 1.807) is 0 Å². The Labute approximate surface area is 218 Å². The first-order valence-electron chi connectivity index (χ1n) is 11.1. The number of nitrogen functional groups attached to an aromatic ring is 1. The maximum Gasteiger partial charge on any atom is 0.410 e. The van der Waals surface area contributed by atoms with Crippen LogP contribution >= 0.6 is 11.3 Å². The molecule has 1 aromatic heterocycles. The molecule has 0 spiro atoms. The Morgan fingerprint density at radius 1 is 1.37 bits per heavy atom. The Hall–Kier alpha value is -3.84. The van der Waals surface area contributed by atoms with Gasteiger partial charge in [-0.1, -0.05) is 5.16 Å². The number of oxime groups is 1. The van der Waals surface area contributed by atoms with E-state index in [4.69, 9.17) is 21.0 Å². The standard InChI is InChI=1S/C19H23N7O10S2/c20-8-22-4-9-5-25(18(31)35-9)6-12-10(15(28)26(12)38(32,33)34)3-13(27)14(11-7-37-17(21)23-11)24-36-19(1-2-19)16(29)30/h7-10,12H,1-6H2,(H2,20,22)(H2,21,23)(H,29,30)(H,32,33,34)/b24-14-/t9?,10-,12+/m0/s1. The molecule has 4 rings (SSSR count). The lowest BCUT2D eigenvalue weighted by Gasteiger charge is -2.45. The molecule has 6 N–H and O–H groups in total. The first-order chi connectivity index (χ1) is 17.9. The summed E-state index contributed by atoms with van der Waals surface area (Å²) in [5, 5.41) is 14.5. The SMILES string of the molecule is NC=NCC1CN(C[C@@H]2[C@H](CC(=O)/C(=N\OC3(C(=O)O)CC3)c3csc(N)n3)C(=O)N2S(=O)(=O)O)C(=O)O1. The molecule has 2 aliphatic heterocycles. The molecule has 0 radical (unpaired) electrons. The maximum absolute atomic E-state index is 13.2. The number of hydrogen-bond donors (Lipinski definition) is 4. The minimum absolute atomic E-state index is 0.00321. The van der Waals surface area contributed by atoms with Crippen LogP contribution in [0.5, 0.6) is 0 Å². The molecule has 3 atom stereocenters. The lowest BCUT2D eigenvalue weighted by molar-refractivity contribution is -0.153. The van der Waals surface area contributed by atoms with Crippen LogP contribution < -0.4 is 11.5 Å². The van der Waals surface area contributed by atoms with Crippen molar-refractivity contribution in [3.05, 3.63) is 11.1 Å². The zero-order valence-corrected chi connectivity index (χ0v) is 21.1. The van der Waals surface area contributed by atoms with E-state index < -0.39 is 69.9 Å². The number of β-lactam (4-membered cyclic amide) rings is 1. The summed E-state index contributed by atoms with van der Waals surface area (Å²) in [5.74, 6) is -4.45. The summed E-state index contributed by atoms with van der Waals surface area (Å²) in [6, 6.07) is -1.30. The van der Waals surface area contributed by atoms with Crippen LogP contribution in [0.4, 0.5) is 9.93 Å². The van der Waals surface area contributed by atoms with Crippen LogP contribution in [0.1, 0.15) is 25.0 Å². The number of anilines is 1. The van der Waals surface area contributed by atoms with Crippen LogP contribution in [0.2, 0.25) is 0 Å². The van der Waals surface area contributed by atoms with Gasteiger partial charge in [-0.15, -0.1) is 11.3 Å². The summed E-state index contributed by atoms with van der Waals surface area (Å²) in [6.07, 6.45) is -0.723. The van der Waals surface area contributed by atoms with Gasteiger partial charge in [0.15, 0.2) is 16.6 Å². The maximum atomic E-state index is 13.2. The predicted molar refractivity (Wildman–Crippen MR) is 128 cm³/mol. The van der Waals surface area contributed by atoms with Crippen molar-refractivity contribution < 1.29 is 46.8 Å². The van der Waals surface area contributed by atoms with E-state index in [-0.39, 0.29) is 47.6 Å². The zero-order chi connectivity index (χ0) is 27.8. The number of cyclic esters (lactones) is 1. The highest BCUT2D eigenvalue weighted by Gasteiger charge is 2.56. The Bertz CT molecular complexity index is 1320. The summed E-state index contributed by atoms with van der Waals surface area (Å²) in [5.41, 5.74) is 8.81. The van der Waals surface area contributed by atoms with E-state index in [1.807, 2.05) is 0 Å². The molecule has 1 unspecified atom stereocenters. The molecule has 3 aliphatic rings. The third-order valence-electron chi connectivity index (χ3n) is 6.16. The summed E-state index contributed by atoms with van der Waals surface area (Å²) >= 11 is 0.975. The number of aromatic nitrogens is 1. The second-order valence-electron chi connectivity index (χ2n) is 8.74. The fourth-order valence-electron chi connectivity index (χ4n) is 4.03. The third kappa shape index (κ3) is 5.38. The minimum Gasteiger partial charge on any atom is -0.478 e. The Morgan fingerprint density at radius 2 is 2.08 bits per heavy atom. The predicted octanol–water partition coefficient (Wildman–Crippen LogP) is -1.54. The molecule has 3 fully saturated rings. The number of ether oxygens (including phenoxy) is 1. The number of Topliss-reactive ketones (excluding diaryl/α,β-unsaturated/α-hetero) is 1. The topological polar surface area (TPSA) is 257 Å². The molecule has 1 aromatic rings. The Morgan fingerprint density at radius 3 is 2.63 bits per heavy atom. The smallest absolute Gasteiger partial charge is 0.410 e. The molecule has 206 valence electrons. The van der Waals surface area contributed by atoms with E-state index in [0.717, 1.165) is 22.6 Å². The van der Waals surface area contributed by atoms with Gasteiger partial charge >= 0.3 is 22.4 Å². The van der Waals surface area contributed by atoms with Gasteiger partial charge in [0.2, 0.25) is 11.5 Å². The molecule has 1 saturated carbocycles. The zero-order valence-electron chi connectivity index (χ0n) is 19.5. The van der Waals surface area contributed by atoms with Crippen molar-refractivity contribution in [2.45, 2.75) is 37.0 Å². The number of hydrogen-bond acceptors (Lipinski definition) is 13. The van der Waals surface area contributed by atoms with Crippen LogP contribution in [0, 0.1) is 5.92 Å². The third-order valence-corrected chi connectivity index (χ3v) is 7.78. The number of amides is 2. The number of ketones is 1. The van der Waals surface area contributed by atoms with Crippen LogP contribution in [0.15, 0.2) is 15.5 Å². The van der Waals surface area contributed by atoms with E-state index >= 15 is 0 Å². The Kier molecular flexibility index (Phi) is 7.26. The number of rotatable bonds is 12. The van der Waals surface area contributed by atoms with E-state index in [9.17, 15) is 37.3 Å². The molecule has 2 amide bonds. The fourth-order valence-corrected chi connectivity index (χ4v) is 5.50. The first kappa shape index (κ1) is 27.2. The second kappa shape index (κ2) is 10.1. The van der Waals surface area contributed by atoms with Crippen LogP contribution in [0.25, 0.3) is 0 Å². The number of nitrogens with two attached hydrogens (primary N) is 2. The number of carboxylic acid groups (broad SMARTS) is 1. The monoisotopic (exact) mass is 573 g/mol. The normalized spacial score (nSPS) is 24.9. The number of carboxylic acids is 1. The summed E-state index contributed by atoms with van der Waals surface area (Å²) in [7, 11) is -5.01. The van der Waals surface area contributed by atoms with Crippen molar-refractivity contribution in [3.63, 3.8) is 0 Å². The highest BCUT2D eigenvalue weighted by molar-refractivity contribution is 7.84. The van der Waals surface area contributed by atoms with Crippen molar-refractivity contribution in [1.29, 1.82) is 0 Å². The number of nitrogens with zero attached hydrogens (tertiary/aromatic N) is 5. The number of aliphatic carboxylic acids is 1. The number of aliphatic imine (C=N–C) groups is 1. The van der Waals surface area contributed by atoms with Crippen LogP contribution in [0.3, 0.4) is 0 Å². The number of carbonyl (C=O) groups is 4. The average Bonchev–Trinajstić information content (AvgIpc) is 3.39. The number of thiazole rings is 1. The van der Waals surface area contributed by atoms with Gasteiger partial charge < -0.3 is 31.0 Å². The van der Waals surface area contributed by atoms with Crippen LogP contribution in [-0.4, -0.2) is 105 Å². The van der Waals surface area contributed by atoms with E-state index in [0.29, 0.717) is 0 Å². The molecular weight excluding hydrogens is 550 g/mol.